The minimum atomic E-state index is -0.233. The zero-order valence-corrected chi connectivity index (χ0v) is 15.0. The van der Waals surface area contributed by atoms with Gasteiger partial charge in [0.1, 0.15) is 0 Å². The second kappa shape index (κ2) is 7.82. The molecule has 0 unspecified atom stereocenters. The molecule has 6 heteroatoms. The zero-order chi connectivity index (χ0) is 18.5. The lowest BCUT2D eigenvalue weighted by atomic mass is 10.1. The van der Waals surface area contributed by atoms with Crippen LogP contribution in [0.1, 0.15) is 17.5 Å². The molecule has 0 spiro atoms. The number of hydrogen-bond donors (Lipinski definition) is 2. The van der Waals surface area contributed by atoms with E-state index in [-0.39, 0.29) is 24.8 Å². The van der Waals surface area contributed by atoms with Crippen LogP contribution in [0.3, 0.4) is 0 Å². The predicted molar refractivity (Wildman–Crippen MR) is 102 cm³/mol. The predicted octanol–water partition coefficient (Wildman–Crippen LogP) is 2.80. The molecule has 0 aliphatic heterocycles. The van der Waals surface area contributed by atoms with Gasteiger partial charge in [0.2, 0.25) is 11.8 Å². The summed E-state index contributed by atoms with van der Waals surface area (Å²) in [6.45, 7) is 4.36. The highest BCUT2D eigenvalue weighted by molar-refractivity contribution is 5.95. The summed E-state index contributed by atoms with van der Waals surface area (Å²) in [6.07, 6.45) is 2.02. The quantitative estimate of drug-likeness (QED) is 0.718. The molecule has 26 heavy (non-hydrogen) atoms. The standard InChI is InChI=1S/C20H22N4O2/c1-14-6-5-7-15(2)20(14)23-19(26)12-21-18(25)10-11-24-13-22-16-8-3-4-9-17(16)24/h3-9,13H,10-12H2,1-2H3,(H,21,25)(H,23,26). The van der Waals surface area contributed by atoms with E-state index in [1.54, 1.807) is 6.33 Å². The molecule has 0 radical (unpaired) electrons. The highest BCUT2D eigenvalue weighted by Gasteiger charge is 2.10. The first-order valence-electron chi connectivity index (χ1n) is 8.57. The number of nitrogens with one attached hydrogen (secondary N) is 2. The molecule has 0 aliphatic carbocycles. The van der Waals surface area contributed by atoms with Gasteiger partial charge >= 0.3 is 0 Å². The first kappa shape index (κ1) is 17.7. The summed E-state index contributed by atoms with van der Waals surface area (Å²) in [5.41, 5.74) is 4.69. The van der Waals surface area contributed by atoms with Crippen molar-refractivity contribution in [3.05, 3.63) is 59.9 Å². The Balaban J connectivity index is 1.49. The number of benzene rings is 2. The fourth-order valence-corrected chi connectivity index (χ4v) is 2.87. The van der Waals surface area contributed by atoms with Gasteiger partial charge < -0.3 is 15.2 Å². The SMILES string of the molecule is Cc1cccc(C)c1NC(=O)CNC(=O)CCn1cnc2ccccc21. The first-order chi connectivity index (χ1) is 12.5. The minimum absolute atomic E-state index is 0.0444. The lowest BCUT2D eigenvalue weighted by molar-refractivity contribution is -0.124. The number of rotatable bonds is 6. The summed E-state index contributed by atoms with van der Waals surface area (Å²) in [5.74, 6) is -0.400. The number of nitrogens with zero attached hydrogens (tertiary/aromatic N) is 2. The van der Waals surface area contributed by atoms with Crippen molar-refractivity contribution in [2.24, 2.45) is 0 Å². The Hall–Kier alpha value is -3.15. The molecule has 0 bridgehead atoms. The van der Waals surface area contributed by atoms with Crippen LogP contribution in [-0.4, -0.2) is 27.9 Å². The number of imidazole rings is 1. The number of aromatic nitrogens is 2. The first-order valence-corrected chi connectivity index (χ1v) is 8.57. The fourth-order valence-electron chi connectivity index (χ4n) is 2.87. The maximum atomic E-state index is 12.1. The number of carbonyl (C=O) groups is 2. The zero-order valence-electron chi connectivity index (χ0n) is 15.0. The average Bonchev–Trinajstić information content (AvgIpc) is 3.04. The van der Waals surface area contributed by atoms with Gasteiger partial charge in [-0.05, 0) is 37.1 Å². The number of aryl methyl sites for hydroxylation is 3. The molecular formula is C20H22N4O2. The molecule has 2 aromatic carbocycles. The maximum Gasteiger partial charge on any atom is 0.243 e. The molecule has 0 atom stereocenters. The van der Waals surface area contributed by atoms with Gasteiger partial charge in [-0.15, -0.1) is 0 Å². The molecule has 2 N–H and O–H groups in total. The molecule has 3 rings (SSSR count). The van der Waals surface area contributed by atoms with E-state index in [9.17, 15) is 9.59 Å². The Morgan fingerprint density at radius 1 is 1.00 bits per heavy atom. The molecule has 6 nitrogen and oxygen atoms in total. The number of anilines is 1. The van der Waals surface area contributed by atoms with Crippen molar-refractivity contribution in [2.75, 3.05) is 11.9 Å². The van der Waals surface area contributed by atoms with E-state index in [1.807, 2.05) is 60.9 Å². The van der Waals surface area contributed by atoms with E-state index in [0.717, 1.165) is 27.8 Å². The molecule has 0 aliphatic rings. The topological polar surface area (TPSA) is 76.0 Å². The summed E-state index contributed by atoms with van der Waals surface area (Å²) in [5, 5.41) is 5.53. The van der Waals surface area contributed by atoms with E-state index in [1.165, 1.54) is 0 Å². The third kappa shape index (κ3) is 4.08. The van der Waals surface area contributed by atoms with E-state index >= 15 is 0 Å². The number of hydrogen-bond acceptors (Lipinski definition) is 3. The van der Waals surface area contributed by atoms with Crippen LogP contribution in [0.25, 0.3) is 11.0 Å². The lowest BCUT2D eigenvalue weighted by Crippen LogP contribution is -2.33. The Bertz CT molecular complexity index is 926. The third-order valence-electron chi connectivity index (χ3n) is 4.30. The summed E-state index contributed by atoms with van der Waals surface area (Å²) < 4.78 is 1.94. The summed E-state index contributed by atoms with van der Waals surface area (Å²) in [4.78, 5) is 28.4. The van der Waals surface area contributed by atoms with Crippen molar-refractivity contribution < 1.29 is 9.59 Å². The van der Waals surface area contributed by atoms with Crippen LogP contribution in [0, 0.1) is 13.8 Å². The minimum Gasteiger partial charge on any atom is -0.347 e. The Kier molecular flexibility index (Phi) is 5.31. The van der Waals surface area contributed by atoms with Gasteiger partial charge in [0.25, 0.3) is 0 Å². The molecule has 0 fully saturated rings. The molecule has 1 aromatic heterocycles. The van der Waals surface area contributed by atoms with Gasteiger partial charge in [-0.1, -0.05) is 30.3 Å². The summed E-state index contributed by atoms with van der Waals surface area (Å²) >= 11 is 0. The smallest absolute Gasteiger partial charge is 0.243 e. The molecule has 134 valence electrons. The van der Waals surface area contributed by atoms with E-state index in [2.05, 4.69) is 15.6 Å². The molecule has 0 saturated carbocycles. The number of fused-ring (bicyclic) bond motifs is 1. The maximum absolute atomic E-state index is 12.1. The Morgan fingerprint density at radius 2 is 1.73 bits per heavy atom. The van der Waals surface area contributed by atoms with E-state index < -0.39 is 0 Å². The van der Waals surface area contributed by atoms with Crippen molar-refractivity contribution in [1.29, 1.82) is 0 Å². The van der Waals surface area contributed by atoms with Crippen LogP contribution in [0.5, 0.6) is 0 Å². The number of para-hydroxylation sites is 3. The van der Waals surface area contributed by atoms with Crippen LogP contribution in [0.2, 0.25) is 0 Å². The van der Waals surface area contributed by atoms with Crippen LogP contribution < -0.4 is 10.6 Å². The number of amides is 2. The van der Waals surface area contributed by atoms with Gasteiger partial charge in [-0.25, -0.2) is 4.98 Å². The lowest BCUT2D eigenvalue weighted by Gasteiger charge is -2.12. The normalized spacial score (nSPS) is 10.7. The second-order valence-electron chi connectivity index (χ2n) is 6.27. The van der Waals surface area contributed by atoms with Crippen LogP contribution in [0.15, 0.2) is 48.8 Å². The van der Waals surface area contributed by atoms with Crippen molar-refractivity contribution >= 4 is 28.5 Å². The van der Waals surface area contributed by atoms with Gasteiger partial charge in [-0.2, -0.15) is 0 Å². The van der Waals surface area contributed by atoms with Crippen molar-refractivity contribution in [2.45, 2.75) is 26.8 Å². The van der Waals surface area contributed by atoms with Gasteiger partial charge in [0, 0.05) is 18.7 Å². The second-order valence-corrected chi connectivity index (χ2v) is 6.27. The molecule has 0 saturated heterocycles. The average molecular weight is 350 g/mol. The summed E-state index contributed by atoms with van der Waals surface area (Å²) in [7, 11) is 0. The monoisotopic (exact) mass is 350 g/mol. The van der Waals surface area contributed by atoms with Crippen LogP contribution in [0.4, 0.5) is 5.69 Å². The Labute approximate surface area is 152 Å². The molecular weight excluding hydrogens is 328 g/mol. The van der Waals surface area contributed by atoms with Gasteiger partial charge in [0.15, 0.2) is 0 Å². The van der Waals surface area contributed by atoms with Crippen molar-refractivity contribution in [3.63, 3.8) is 0 Å². The highest BCUT2D eigenvalue weighted by atomic mass is 16.2. The number of carbonyl (C=O) groups excluding carboxylic acids is 2. The van der Waals surface area contributed by atoms with Gasteiger partial charge in [-0.3, -0.25) is 9.59 Å². The molecule has 1 heterocycles. The fraction of sp³-hybridized carbons (Fsp3) is 0.250. The summed E-state index contributed by atoms with van der Waals surface area (Å²) in [6, 6.07) is 13.6. The Morgan fingerprint density at radius 3 is 2.50 bits per heavy atom. The highest BCUT2D eigenvalue weighted by Crippen LogP contribution is 2.19. The van der Waals surface area contributed by atoms with E-state index in [4.69, 9.17) is 0 Å². The van der Waals surface area contributed by atoms with E-state index in [0.29, 0.717) is 6.54 Å². The largest absolute Gasteiger partial charge is 0.347 e. The van der Waals surface area contributed by atoms with Crippen molar-refractivity contribution in [1.82, 2.24) is 14.9 Å². The van der Waals surface area contributed by atoms with Crippen LogP contribution in [-0.2, 0) is 16.1 Å². The van der Waals surface area contributed by atoms with Gasteiger partial charge in [0.05, 0.1) is 23.9 Å². The third-order valence-corrected chi connectivity index (χ3v) is 4.30. The van der Waals surface area contributed by atoms with Crippen LogP contribution >= 0.6 is 0 Å². The molecule has 3 aromatic rings. The van der Waals surface area contributed by atoms with Crippen molar-refractivity contribution in [3.8, 4) is 0 Å². The molecule has 2 amide bonds.